The molecule has 24 heavy (non-hydrogen) atoms. The number of hydrogen-bond donors (Lipinski definition) is 1. The van der Waals surface area contributed by atoms with E-state index in [-0.39, 0.29) is 37.8 Å². The van der Waals surface area contributed by atoms with Crippen LogP contribution in [0.5, 0.6) is 0 Å². The van der Waals surface area contributed by atoms with E-state index in [9.17, 15) is 30.7 Å². The standard InChI is InChI=1S/C14H14F7NO.ClH/c15-10-6-8(13(16,17)18)5-9(14(19,20)21)11(10)12(22)7-1-3-23-4-2-7;/h5-7,12H,1-4,22H2;1H/t12-;/m0./s1. The van der Waals surface area contributed by atoms with Crippen molar-refractivity contribution in [2.75, 3.05) is 13.2 Å². The van der Waals surface area contributed by atoms with Gasteiger partial charge in [0.15, 0.2) is 0 Å². The summed E-state index contributed by atoms with van der Waals surface area (Å²) in [5.74, 6) is -2.08. The number of rotatable bonds is 2. The minimum Gasteiger partial charge on any atom is -0.381 e. The van der Waals surface area contributed by atoms with E-state index in [1.54, 1.807) is 0 Å². The van der Waals surface area contributed by atoms with Gasteiger partial charge in [-0.1, -0.05) is 0 Å². The molecule has 1 fully saturated rings. The van der Waals surface area contributed by atoms with Gasteiger partial charge < -0.3 is 10.5 Å². The summed E-state index contributed by atoms with van der Waals surface area (Å²) in [7, 11) is 0. The first-order chi connectivity index (χ1) is 10.5. The molecule has 1 saturated heterocycles. The number of nitrogens with two attached hydrogens (primary N) is 1. The lowest BCUT2D eigenvalue weighted by atomic mass is 9.84. The van der Waals surface area contributed by atoms with Gasteiger partial charge in [0.1, 0.15) is 5.82 Å². The van der Waals surface area contributed by atoms with Gasteiger partial charge in [0.2, 0.25) is 0 Å². The summed E-state index contributed by atoms with van der Waals surface area (Å²) in [6, 6.07) is -1.38. The van der Waals surface area contributed by atoms with Crippen molar-refractivity contribution >= 4 is 12.4 Å². The molecule has 0 aromatic heterocycles. The molecule has 2 rings (SSSR count). The molecule has 1 aliphatic heterocycles. The zero-order valence-electron chi connectivity index (χ0n) is 12.2. The molecule has 1 aromatic rings. The molecule has 2 N–H and O–H groups in total. The smallest absolute Gasteiger partial charge is 0.381 e. The van der Waals surface area contributed by atoms with Crippen LogP contribution in [0.2, 0.25) is 0 Å². The van der Waals surface area contributed by atoms with Crippen LogP contribution in [0.25, 0.3) is 0 Å². The van der Waals surface area contributed by atoms with Crippen LogP contribution in [0.4, 0.5) is 30.7 Å². The second-order valence-corrected chi connectivity index (χ2v) is 5.39. The highest BCUT2D eigenvalue weighted by Gasteiger charge is 2.42. The number of hydrogen-bond acceptors (Lipinski definition) is 2. The lowest BCUT2D eigenvalue weighted by molar-refractivity contribution is -0.144. The van der Waals surface area contributed by atoms with Crippen LogP contribution < -0.4 is 5.73 Å². The normalized spacial score (nSPS) is 18.2. The Labute approximate surface area is 139 Å². The number of halogens is 8. The fourth-order valence-corrected chi connectivity index (χ4v) is 2.67. The summed E-state index contributed by atoms with van der Waals surface area (Å²) >= 11 is 0. The van der Waals surface area contributed by atoms with E-state index in [1.807, 2.05) is 0 Å². The Balaban J connectivity index is 0.00000288. The van der Waals surface area contributed by atoms with Crippen LogP contribution in [-0.2, 0) is 17.1 Å². The zero-order valence-corrected chi connectivity index (χ0v) is 13.0. The SMILES string of the molecule is Cl.N[C@H](c1c(F)cc(C(F)(F)F)cc1C(F)(F)F)C1CCOCC1. The van der Waals surface area contributed by atoms with Crippen molar-refractivity contribution in [3.8, 4) is 0 Å². The van der Waals surface area contributed by atoms with Crippen molar-refractivity contribution in [2.45, 2.75) is 31.2 Å². The summed E-state index contributed by atoms with van der Waals surface area (Å²) in [4.78, 5) is 0. The van der Waals surface area contributed by atoms with Crippen molar-refractivity contribution in [2.24, 2.45) is 11.7 Å². The Kier molecular flexibility index (Phi) is 6.51. The maximum absolute atomic E-state index is 14.1. The summed E-state index contributed by atoms with van der Waals surface area (Å²) in [6.07, 6.45) is -9.58. The van der Waals surface area contributed by atoms with E-state index < -0.39 is 46.8 Å². The van der Waals surface area contributed by atoms with Crippen LogP contribution in [0.3, 0.4) is 0 Å². The molecule has 1 aromatic carbocycles. The molecule has 0 unspecified atom stereocenters. The molecule has 2 nitrogen and oxygen atoms in total. The predicted molar refractivity (Wildman–Crippen MR) is 74.1 cm³/mol. The molecule has 138 valence electrons. The maximum atomic E-state index is 14.1. The van der Waals surface area contributed by atoms with E-state index >= 15 is 0 Å². The number of benzene rings is 1. The van der Waals surface area contributed by atoms with Gasteiger partial charge in [0.05, 0.1) is 11.1 Å². The van der Waals surface area contributed by atoms with E-state index in [2.05, 4.69) is 0 Å². The second kappa shape index (κ2) is 7.45. The van der Waals surface area contributed by atoms with Gasteiger partial charge in [-0.2, -0.15) is 26.3 Å². The largest absolute Gasteiger partial charge is 0.416 e. The van der Waals surface area contributed by atoms with Crippen molar-refractivity contribution in [1.29, 1.82) is 0 Å². The first-order valence-electron chi connectivity index (χ1n) is 6.83. The highest BCUT2D eigenvalue weighted by atomic mass is 35.5. The molecule has 1 atom stereocenters. The third-order valence-corrected chi connectivity index (χ3v) is 3.87. The van der Waals surface area contributed by atoms with Gasteiger partial charge in [-0.3, -0.25) is 0 Å². The topological polar surface area (TPSA) is 35.2 Å². The Hall–Kier alpha value is -1.06. The fourth-order valence-electron chi connectivity index (χ4n) is 2.67. The first-order valence-corrected chi connectivity index (χ1v) is 6.83. The molecular weight excluding hydrogens is 367 g/mol. The average Bonchev–Trinajstić information content (AvgIpc) is 2.44. The van der Waals surface area contributed by atoms with Crippen molar-refractivity contribution in [3.63, 3.8) is 0 Å². The van der Waals surface area contributed by atoms with E-state index in [0.717, 1.165) is 0 Å². The third-order valence-electron chi connectivity index (χ3n) is 3.87. The fraction of sp³-hybridized carbons (Fsp3) is 0.571. The Morgan fingerprint density at radius 1 is 1.00 bits per heavy atom. The van der Waals surface area contributed by atoms with E-state index in [4.69, 9.17) is 10.5 Å². The van der Waals surface area contributed by atoms with Gasteiger partial charge in [-0.15, -0.1) is 12.4 Å². The lowest BCUT2D eigenvalue weighted by Gasteiger charge is -2.30. The second-order valence-electron chi connectivity index (χ2n) is 5.39. The van der Waals surface area contributed by atoms with Crippen molar-refractivity contribution in [1.82, 2.24) is 0 Å². The molecular formula is C14H15ClF7NO. The first kappa shape index (κ1) is 21.0. The van der Waals surface area contributed by atoms with Gasteiger partial charge in [-0.05, 0) is 30.9 Å². The van der Waals surface area contributed by atoms with Crippen molar-refractivity contribution < 1.29 is 35.5 Å². The molecule has 1 aliphatic rings. The summed E-state index contributed by atoms with van der Waals surface area (Å²) in [5, 5.41) is 0. The molecule has 0 bridgehead atoms. The molecule has 0 spiro atoms. The minimum atomic E-state index is -5.14. The van der Waals surface area contributed by atoms with Gasteiger partial charge in [0, 0.05) is 24.8 Å². The van der Waals surface area contributed by atoms with Gasteiger partial charge >= 0.3 is 12.4 Å². The summed E-state index contributed by atoms with van der Waals surface area (Å²) < 4.78 is 96.4. The van der Waals surface area contributed by atoms with Crippen LogP contribution in [-0.4, -0.2) is 13.2 Å². The quantitative estimate of drug-likeness (QED) is 0.753. The van der Waals surface area contributed by atoms with E-state index in [1.165, 1.54) is 0 Å². The van der Waals surface area contributed by atoms with E-state index in [0.29, 0.717) is 12.8 Å². The minimum absolute atomic E-state index is 0. The summed E-state index contributed by atoms with van der Waals surface area (Å²) in [6.45, 7) is 0.532. The molecule has 10 heteroatoms. The Morgan fingerprint density at radius 3 is 2.00 bits per heavy atom. The highest BCUT2D eigenvalue weighted by Crippen LogP contribution is 2.42. The summed E-state index contributed by atoms with van der Waals surface area (Å²) in [5.41, 5.74) is 1.46. The molecule has 0 amide bonds. The molecule has 0 radical (unpaired) electrons. The molecule has 0 aliphatic carbocycles. The van der Waals surface area contributed by atoms with Crippen LogP contribution in [0, 0.1) is 11.7 Å². The Bertz CT molecular complexity index is 567. The molecule has 0 saturated carbocycles. The monoisotopic (exact) mass is 381 g/mol. The lowest BCUT2D eigenvalue weighted by Crippen LogP contribution is -2.30. The third kappa shape index (κ3) is 4.52. The maximum Gasteiger partial charge on any atom is 0.416 e. The Morgan fingerprint density at radius 2 is 1.54 bits per heavy atom. The molecule has 1 heterocycles. The highest BCUT2D eigenvalue weighted by molar-refractivity contribution is 5.85. The van der Waals surface area contributed by atoms with Crippen LogP contribution in [0.1, 0.15) is 35.6 Å². The van der Waals surface area contributed by atoms with Crippen LogP contribution in [0.15, 0.2) is 12.1 Å². The van der Waals surface area contributed by atoms with Gasteiger partial charge in [-0.25, -0.2) is 4.39 Å². The van der Waals surface area contributed by atoms with Gasteiger partial charge in [0.25, 0.3) is 0 Å². The predicted octanol–water partition coefficient (Wildman–Crippen LogP) is 4.71. The van der Waals surface area contributed by atoms with Crippen LogP contribution >= 0.6 is 12.4 Å². The average molecular weight is 382 g/mol. The number of alkyl halides is 6. The zero-order chi connectivity index (χ0) is 17.4. The number of ether oxygens (including phenoxy) is 1. The van der Waals surface area contributed by atoms with Crippen molar-refractivity contribution in [3.05, 3.63) is 34.6 Å².